The highest BCUT2D eigenvalue weighted by Gasteiger charge is 2.32. The van der Waals surface area contributed by atoms with E-state index in [1.807, 2.05) is 0 Å². The fraction of sp³-hybridized carbons (Fsp3) is 0.417. The van der Waals surface area contributed by atoms with Crippen LogP contribution < -0.4 is 0 Å². The molecule has 0 spiro atoms. The number of carbonyl (C=O) groups excluding carboxylic acids is 1. The van der Waals surface area contributed by atoms with Crippen LogP contribution in [0, 0.1) is 5.92 Å². The summed E-state index contributed by atoms with van der Waals surface area (Å²) in [6.07, 6.45) is -2.85. The maximum Gasteiger partial charge on any atom is 0.416 e. The zero-order valence-electron chi connectivity index (χ0n) is 9.37. The largest absolute Gasteiger partial charge is 0.416 e. The van der Waals surface area contributed by atoms with Crippen LogP contribution in [0.4, 0.5) is 13.2 Å². The Hall–Kier alpha value is -1.17. The first kappa shape index (κ1) is 13.3. The van der Waals surface area contributed by atoms with Crippen molar-refractivity contribution in [1.29, 1.82) is 0 Å². The van der Waals surface area contributed by atoms with Crippen LogP contribution in [0.1, 0.15) is 18.4 Å². The van der Waals surface area contributed by atoms with Gasteiger partial charge < -0.3 is 0 Å². The third-order valence-corrected chi connectivity index (χ3v) is 4.06. The lowest BCUT2D eigenvalue weighted by atomic mass is 10.2. The number of hydrogen-bond acceptors (Lipinski definition) is 2. The Bertz CT molecular complexity index is 492. The molecule has 1 aromatic rings. The minimum atomic E-state index is -4.46. The van der Waals surface area contributed by atoms with Crippen molar-refractivity contribution in [1.82, 2.24) is 0 Å². The second-order valence-electron chi connectivity index (χ2n) is 4.26. The lowest BCUT2D eigenvalue weighted by Crippen LogP contribution is -2.13. The summed E-state index contributed by atoms with van der Waals surface area (Å²) in [7, 11) is -1.69. The van der Waals surface area contributed by atoms with Crippen LogP contribution in [0.15, 0.2) is 29.2 Å². The molecule has 1 aliphatic carbocycles. The first-order valence-corrected chi connectivity index (χ1v) is 6.78. The molecule has 0 aliphatic heterocycles. The summed E-state index contributed by atoms with van der Waals surface area (Å²) in [6, 6.07) is 4.32. The molecule has 6 heteroatoms. The standard InChI is InChI=1S/C12H11F3O2S/c13-12(14,15)9-2-1-3-10(6-9)18(17)7-11(16)8-4-5-8/h1-3,6,8H,4-5,7H2. The summed E-state index contributed by atoms with van der Waals surface area (Å²) in [5.41, 5.74) is -0.841. The molecule has 1 atom stereocenters. The van der Waals surface area contributed by atoms with Gasteiger partial charge in [0.25, 0.3) is 0 Å². The number of Topliss-reactive ketones (excluding diaryl/α,β-unsaturated/α-hetero) is 1. The van der Waals surface area contributed by atoms with Crippen LogP contribution in [0.2, 0.25) is 0 Å². The SMILES string of the molecule is O=C(CS(=O)c1cccc(C(F)(F)F)c1)C1CC1. The molecule has 0 aromatic heterocycles. The summed E-state index contributed by atoms with van der Waals surface area (Å²) in [5, 5.41) is 0. The molecule has 0 saturated heterocycles. The van der Waals surface area contributed by atoms with Gasteiger partial charge in [-0.25, -0.2) is 0 Å². The molecule has 1 saturated carbocycles. The van der Waals surface area contributed by atoms with Gasteiger partial charge in [0.1, 0.15) is 5.78 Å². The topological polar surface area (TPSA) is 34.1 Å². The van der Waals surface area contributed by atoms with E-state index in [2.05, 4.69) is 0 Å². The predicted octanol–water partition coefficient (Wildman–Crippen LogP) is 2.79. The average molecular weight is 276 g/mol. The molecule has 2 nitrogen and oxygen atoms in total. The Balaban J connectivity index is 2.12. The molecular formula is C12H11F3O2S. The molecule has 1 fully saturated rings. The number of ketones is 1. The van der Waals surface area contributed by atoms with E-state index in [-0.39, 0.29) is 22.3 Å². The Labute approximate surface area is 105 Å². The van der Waals surface area contributed by atoms with Gasteiger partial charge >= 0.3 is 6.18 Å². The number of carbonyl (C=O) groups is 1. The Morgan fingerprint density at radius 1 is 1.33 bits per heavy atom. The van der Waals surface area contributed by atoms with Gasteiger partial charge in [0.2, 0.25) is 0 Å². The van der Waals surface area contributed by atoms with Gasteiger partial charge in [-0.2, -0.15) is 13.2 Å². The van der Waals surface area contributed by atoms with Gasteiger partial charge in [0, 0.05) is 10.8 Å². The fourth-order valence-electron chi connectivity index (χ4n) is 1.55. The van der Waals surface area contributed by atoms with Crippen molar-refractivity contribution in [3.63, 3.8) is 0 Å². The van der Waals surface area contributed by atoms with Crippen LogP contribution in [0.3, 0.4) is 0 Å². The van der Waals surface area contributed by atoms with Gasteiger partial charge in [-0.05, 0) is 31.0 Å². The van der Waals surface area contributed by atoms with Crippen molar-refractivity contribution >= 4 is 16.6 Å². The van der Waals surface area contributed by atoms with E-state index in [4.69, 9.17) is 0 Å². The van der Waals surface area contributed by atoms with Gasteiger partial charge in [0.15, 0.2) is 0 Å². The molecule has 1 aromatic carbocycles. The second-order valence-corrected chi connectivity index (χ2v) is 5.71. The molecule has 2 rings (SSSR count). The quantitative estimate of drug-likeness (QED) is 0.847. The molecule has 0 amide bonds. The number of benzene rings is 1. The number of hydrogen-bond donors (Lipinski definition) is 0. The average Bonchev–Trinajstić information content (AvgIpc) is 3.11. The number of rotatable bonds is 4. The molecule has 98 valence electrons. The molecule has 0 heterocycles. The van der Waals surface area contributed by atoms with Crippen molar-refractivity contribution in [2.45, 2.75) is 23.9 Å². The lowest BCUT2D eigenvalue weighted by Gasteiger charge is -2.08. The van der Waals surface area contributed by atoms with Crippen LogP contribution in [-0.4, -0.2) is 15.7 Å². The summed E-state index contributed by atoms with van der Waals surface area (Å²) in [4.78, 5) is 11.5. The van der Waals surface area contributed by atoms with E-state index >= 15 is 0 Å². The third-order valence-electron chi connectivity index (χ3n) is 2.73. The van der Waals surface area contributed by atoms with E-state index in [0.29, 0.717) is 0 Å². The van der Waals surface area contributed by atoms with Crippen molar-refractivity contribution in [3.8, 4) is 0 Å². The summed E-state index contributed by atoms with van der Waals surface area (Å²) in [6.45, 7) is 0. The molecule has 1 unspecified atom stereocenters. The highest BCUT2D eigenvalue weighted by atomic mass is 32.2. The molecule has 0 bridgehead atoms. The van der Waals surface area contributed by atoms with Crippen molar-refractivity contribution in [2.75, 3.05) is 5.75 Å². The second kappa shape index (κ2) is 4.84. The first-order valence-electron chi connectivity index (χ1n) is 5.46. The van der Waals surface area contributed by atoms with E-state index < -0.39 is 22.5 Å². The minimum Gasteiger partial charge on any atom is -0.298 e. The molecule has 0 radical (unpaired) electrons. The number of alkyl halides is 3. The molecular weight excluding hydrogens is 265 g/mol. The molecule has 18 heavy (non-hydrogen) atoms. The third kappa shape index (κ3) is 3.19. The van der Waals surface area contributed by atoms with Crippen molar-refractivity contribution in [2.24, 2.45) is 5.92 Å². The zero-order chi connectivity index (χ0) is 13.3. The Morgan fingerprint density at radius 2 is 2.00 bits per heavy atom. The predicted molar refractivity (Wildman–Crippen MR) is 60.5 cm³/mol. The van der Waals surface area contributed by atoms with Gasteiger partial charge in [-0.3, -0.25) is 9.00 Å². The molecule has 1 aliphatic rings. The van der Waals surface area contributed by atoms with E-state index in [1.165, 1.54) is 12.1 Å². The van der Waals surface area contributed by atoms with Crippen LogP contribution in [0.25, 0.3) is 0 Å². The van der Waals surface area contributed by atoms with Gasteiger partial charge in [0.05, 0.1) is 22.1 Å². The maximum absolute atomic E-state index is 12.5. The van der Waals surface area contributed by atoms with Crippen molar-refractivity contribution < 1.29 is 22.2 Å². The van der Waals surface area contributed by atoms with Gasteiger partial charge in [-0.1, -0.05) is 6.07 Å². The van der Waals surface area contributed by atoms with Crippen LogP contribution in [0.5, 0.6) is 0 Å². The van der Waals surface area contributed by atoms with E-state index in [0.717, 1.165) is 25.0 Å². The van der Waals surface area contributed by atoms with Gasteiger partial charge in [-0.15, -0.1) is 0 Å². The highest BCUT2D eigenvalue weighted by molar-refractivity contribution is 7.85. The summed E-state index contributed by atoms with van der Waals surface area (Å²) >= 11 is 0. The van der Waals surface area contributed by atoms with E-state index in [1.54, 1.807) is 0 Å². The smallest absolute Gasteiger partial charge is 0.298 e. The first-order chi connectivity index (χ1) is 8.38. The van der Waals surface area contributed by atoms with E-state index in [9.17, 15) is 22.2 Å². The Kier molecular flexibility index (Phi) is 3.56. The van der Waals surface area contributed by atoms with Crippen LogP contribution >= 0.6 is 0 Å². The minimum absolute atomic E-state index is 0.0280. The van der Waals surface area contributed by atoms with Crippen LogP contribution in [-0.2, 0) is 21.8 Å². The normalized spacial score (nSPS) is 17.5. The number of halogens is 3. The highest BCUT2D eigenvalue weighted by Crippen LogP contribution is 2.32. The maximum atomic E-state index is 12.5. The fourth-order valence-corrected chi connectivity index (χ4v) is 2.70. The molecule has 0 N–H and O–H groups in total. The monoisotopic (exact) mass is 276 g/mol. The lowest BCUT2D eigenvalue weighted by molar-refractivity contribution is -0.137. The summed E-state index contributed by atoms with van der Waals surface area (Å²) < 4.78 is 49.2. The zero-order valence-corrected chi connectivity index (χ0v) is 10.2. The Morgan fingerprint density at radius 3 is 2.56 bits per heavy atom. The summed E-state index contributed by atoms with van der Waals surface area (Å²) in [5.74, 6) is -0.336. The van der Waals surface area contributed by atoms with Crippen molar-refractivity contribution in [3.05, 3.63) is 29.8 Å².